The lowest BCUT2D eigenvalue weighted by atomic mass is 10.1. The highest BCUT2D eigenvalue weighted by molar-refractivity contribution is 9.10. The molecule has 0 aromatic heterocycles. The maximum atomic E-state index is 13.9. The molecule has 4 heteroatoms. The van der Waals surface area contributed by atoms with E-state index in [1.54, 1.807) is 12.1 Å². The predicted octanol–water partition coefficient (Wildman–Crippen LogP) is 4.99. The number of fused-ring (bicyclic) bond motifs is 1. The summed E-state index contributed by atoms with van der Waals surface area (Å²) >= 11 is 3.44. The summed E-state index contributed by atoms with van der Waals surface area (Å²) in [5.41, 5.74) is 6.22. The zero-order chi connectivity index (χ0) is 14.8. The molecule has 0 aliphatic heterocycles. The van der Waals surface area contributed by atoms with Crippen LogP contribution in [0.5, 0.6) is 11.5 Å². The third-order valence-electron chi connectivity index (χ3n) is 3.23. The molecule has 0 fully saturated rings. The zero-order valence-electron chi connectivity index (χ0n) is 11.1. The summed E-state index contributed by atoms with van der Waals surface area (Å²) in [6.45, 7) is 0.308. The lowest BCUT2D eigenvalue weighted by Gasteiger charge is -2.09. The standard InChI is InChI=1S/C17H13BrFNO/c18-14-4-2-13-9-15(5-3-12(13)8-14)21-17-6-1-11(10-20)7-16(17)19/h1-9H,10,20H2. The fourth-order valence-electron chi connectivity index (χ4n) is 2.14. The van der Waals surface area contributed by atoms with E-state index in [0.29, 0.717) is 12.3 Å². The molecule has 0 radical (unpaired) electrons. The van der Waals surface area contributed by atoms with Crippen molar-refractivity contribution in [1.82, 2.24) is 0 Å². The molecule has 0 aliphatic carbocycles. The third-order valence-corrected chi connectivity index (χ3v) is 3.73. The average molecular weight is 346 g/mol. The molecule has 21 heavy (non-hydrogen) atoms. The molecule has 0 heterocycles. The monoisotopic (exact) mass is 345 g/mol. The van der Waals surface area contributed by atoms with E-state index in [-0.39, 0.29) is 5.75 Å². The van der Waals surface area contributed by atoms with Crippen molar-refractivity contribution in [3.05, 3.63) is 70.5 Å². The highest BCUT2D eigenvalue weighted by Gasteiger charge is 2.06. The second-order valence-corrected chi connectivity index (χ2v) is 5.64. The minimum atomic E-state index is -0.408. The van der Waals surface area contributed by atoms with E-state index >= 15 is 0 Å². The van der Waals surface area contributed by atoms with Crippen LogP contribution in [0.3, 0.4) is 0 Å². The quantitative estimate of drug-likeness (QED) is 0.725. The maximum absolute atomic E-state index is 13.9. The molecule has 0 saturated carbocycles. The molecule has 3 aromatic rings. The van der Waals surface area contributed by atoms with E-state index in [9.17, 15) is 4.39 Å². The van der Waals surface area contributed by atoms with Crippen LogP contribution >= 0.6 is 15.9 Å². The smallest absolute Gasteiger partial charge is 0.166 e. The van der Waals surface area contributed by atoms with Crippen LogP contribution in [0.2, 0.25) is 0 Å². The van der Waals surface area contributed by atoms with Crippen LogP contribution in [0.4, 0.5) is 4.39 Å². The molecule has 0 saturated heterocycles. The van der Waals surface area contributed by atoms with Gasteiger partial charge >= 0.3 is 0 Å². The van der Waals surface area contributed by atoms with Gasteiger partial charge in [0.2, 0.25) is 0 Å². The van der Waals surface area contributed by atoms with Gasteiger partial charge < -0.3 is 10.5 Å². The number of benzene rings is 3. The van der Waals surface area contributed by atoms with Gasteiger partial charge in [-0.15, -0.1) is 0 Å². The van der Waals surface area contributed by atoms with Gasteiger partial charge in [0.15, 0.2) is 11.6 Å². The van der Waals surface area contributed by atoms with E-state index in [1.807, 2.05) is 36.4 Å². The van der Waals surface area contributed by atoms with Gasteiger partial charge in [0.1, 0.15) is 5.75 Å². The molecule has 106 valence electrons. The Balaban J connectivity index is 1.92. The number of rotatable bonds is 3. The second-order valence-electron chi connectivity index (χ2n) is 4.72. The molecule has 0 unspecified atom stereocenters. The minimum absolute atomic E-state index is 0.198. The normalized spacial score (nSPS) is 10.8. The van der Waals surface area contributed by atoms with Crippen LogP contribution in [0.15, 0.2) is 59.1 Å². The van der Waals surface area contributed by atoms with Crippen molar-refractivity contribution in [2.45, 2.75) is 6.54 Å². The Kier molecular flexibility index (Phi) is 3.90. The van der Waals surface area contributed by atoms with Crippen molar-refractivity contribution in [1.29, 1.82) is 0 Å². The van der Waals surface area contributed by atoms with E-state index in [0.717, 1.165) is 20.8 Å². The topological polar surface area (TPSA) is 35.2 Å². The molecule has 3 aromatic carbocycles. The third kappa shape index (κ3) is 3.06. The number of hydrogen-bond donors (Lipinski definition) is 1. The number of nitrogens with two attached hydrogens (primary N) is 1. The van der Waals surface area contributed by atoms with Crippen molar-refractivity contribution in [2.75, 3.05) is 0 Å². The largest absolute Gasteiger partial charge is 0.454 e. The lowest BCUT2D eigenvalue weighted by molar-refractivity contribution is 0.442. The lowest BCUT2D eigenvalue weighted by Crippen LogP contribution is -1.97. The molecular formula is C17H13BrFNO. The van der Waals surface area contributed by atoms with Gasteiger partial charge in [-0.05, 0) is 52.7 Å². The summed E-state index contributed by atoms with van der Waals surface area (Å²) in [6, 6.07) is 16.4. The first kappa shape index (κ1) is 14.0. The highest BCUT2D eigenvalue weighted by Crippen LogP contribution is 2.29. The maximum Gasteiger partial charge on any atom is 0.166 e. The van der Waals surface area contributed by atoms with Crippen LogP contribution in [0.1, 0.15) is 5.56 Å². The van der Waals surface area contributed by atoms with Gasteiger partial charge in [-0.2, -0.15) is 0 Å². The van der Waals surface area contributed by atoms with Crippen LogP contribution in [-0.2, 0) is 6.54 Å². The van der Waals surface area contributed by atoms with E-state index in [4.69, 9.17) is 10.5 Å². The van der Waals surface area contributed by atoms with Gasteiger partial charge in [0, 0.05) is 11.0 Å². The van der Waals surface area contributed by atoms with Crippen molar-refractivity contribution in [3.63, 3.8) is 0 Å². The Labute approximate surface area is 130 Å². The molecule has 0 bridgehead atoms. The van der Waals surface area contributed by atoms with Crippen molar-refractivity contribution in [2.24, 2.45) is 5.73 Å². The summed E-state index contributed by atoms with van der Waals surface area (Å²) < 4.78 is 20.5. The van der Waals surface area contributed by atoms with Gasteiger partial charge in [-0.3, -0.25) is 0 Å². The molecule has 2 N–H and O–H groups in total. The van der Waals surface area contributed by atoms with Crippen LogP contribution in [0, 0.1) is 5.82 Å². The van der Waals surface area contributed by atoms with Crippen molar-refractivity contribution >= 4 is 26.7 Å². The fraction of sp³-hybridized carbons (Fsp3) is 0.0588. The SMILES string of the molecule is NCc1ccc(Oc2ccc3cc(Br)ccc3c2)c(F)c1. The minimum Gasteiger partial charge on any atom is -0.454 e. The molecule has 0 spiro atoms. The summed E-state index contributed by atoms with van der Waals surface area (Å²) in [4.78, 5) is 0. The van der Waals surface area contributed by atoms with Crippen LogP contribution in [0.25, 0.3) is 10.8 Å². The predicted molar refractivity (Wildman–Crippen MR) is 86.0 cm³/mol. The Morgan fingerprint density at radius 3 is 2.48 bits per heavy atom. The Morgan fingerprint density at radius 2 is 1.71 bits per heavy atom. The van der Waals surface area contributed by atoms with Crippen LogP contribution < -0.4 is 10.5 Å². The summed E-state index contributed by atoms with van der Waals surface area (Å²) in [5, 5.41) is 2.13. The molecular weight excluding hydrogens is 333 g/mol. The van der Waals surface area contributed by atoms with Gasteiger partial charge in [-0.25, -0.2) is 4.39 Å². The Bertz CT molecular complexity index is 804. The van der Waals surface area contributed by atoms with Crippen LogP contribution in [-0.4, -0.2) is 0 Å². The summed E-state index contributed by atoms with van der Waals surface area (Å²) in [6.07, 6.45) is 0. The number of hydrogen-bond acceptors (Lipinski definition) is 2. The molecule has 0 aliphatic rings. The molecule has 0 atom stereocenters. The van der Waals surface area contributed by atoms with E-state index < -0.39 is 5.82 Å². The van der Waals surface area contributed by atoms with Gasteiger partial charge in [0.05, 0.1) is 0 Å². The fourth-order valence-corrected chi connectivity index (χ4v) is 2.52. The molecule has 3 rings (SSSR count). The van der Waals surface area contributed by atoms with Gasteiger partial charge in [-0.1, -0.05) is 34.1 Å². The first-order valence-corrected chi connectivity index (χ1v) is 7.31. The summed E-state index contributed by atoms with van der Waals surface area (Å²) in [7, 11) is 0. The first-order valence-electron chi connectivity index (χ1n) is 6.51. The van der Waals surface area contributed by atoms with Gasteiger partial charge in [0.25, 0.3) is 0 Å². The average Bonchev–Trinajstić information content (AvgIpc) is 2.49. The second kappa shape index (κ2) is 5.84. The molecule has 2 nitrogen and oxygen atoms in total. The first-order chi connectivity index (χ1) is 10.2. The van der Waals surface area contributed by atoms with Crippen molar-refractivity contribution in [3.8, 4) is 11.5 Å². The number of ether oxygens (including phenoxy) is 1. The van der Waals surface area contributed by atoms with E-state index in [1.165, 1.54) is 6.07 Å². The Morgan fingerprint density at radius 1 is 0.952 bits per heavy atom. The van der Waals surface area contributed by atoms with Crippen molar-refractivity contribution < 1.29 is 9.13 Å². The molecule has 0 amide bonds. The zero-order valence-corrected chi connectivity index (χ0v) is 12.7. The highest BCUT2D eigenvalue weighted by atomic mass is 79.9. The Hall–Kier alpha value is -1.91. The number of halogens is 2. The summed E-state index contributed by atoms with van der Waals surface area (Å²) in [5.74, 6) is 0.390. The van der Waals surface area contributed by atoms with E-state index in [2.05, 4.69) is 15.9 Å².